The summed E-state index contributed by atoms with van der Waals surface area (Å²) in [5, 5.41) is 16.6. The van der Waals surface area contributed by atoms with E-state index in [-0.39, 0.29) is 12.2 Å². The fourth-order valence-electron chi connectivity index (χ4n) is 3.34. The molecule has 0 radical (unpaired) electrons. The Balaban J connectivity index is 0.000000673. The van der Waals surface area contributed by atoms with Crippen LogP contribution in [0.3, 0.4) is 0 Å². The molecule has 3 amide bonds. The summed E-state index contributed by atoms with van der Waals surface area (Å²) in [6.07, 6.45) is -14.2. The molecule has 214 valence electrons. The van der Waals surface area contributed by atoms with E-state index in [1.54, 1.807) is 12.1 Å². The molecule has 1 aliphatic heterocycles. The Kier molecular flexibility index (Phi) is 8.31. The summed E-state index contributed by atoms with van der Waals surface area (Å²) in [6, 6.07) is 4.72. The highest BCUT2D eigenvalue weighted by Gasteiger charge is 2.71. The highest BCUT2D eigenvalue weighted by molar-refractivity contribution is 6.22. The predicted octanol–water partition coefficient (Wildman–Crippen LogP) is 4.77. The Labute approximate surface area is 213 Å². The molecule has 39 heavy (non-hydrogen) atoms. The smallest absolute Gasteiger partial charge is 0.475 e. The molecule has 3 rings (SSSR count). The number of pyridine rings is 1. The van der Waals surface area contributed by atoms with Crippen molar-refractivity contribution in [3.63, 3.8) is 0 Å². The van der Waals surface area contributed by atoms with Gasteiger partial charge in [0.05, 0.1) is 5.69 Å². The Morgan fingerprint density at radius 3 is 1.69 bits per heavy atom. The van der Waals surface area contributed by atoms with Crippen molar-refractivity contribution >= 4 is 23.6 Å². The molecule has 1 aromatic carbocycles. The third kappa shape index (κ3) is 6.07. The first kappa shape index (κ1) is 31.3. The maximum Gasteiger partial charge on any atom is 0.490 e. The number of aliphatic hydroxyl groups is 1. The number of carbonyl (C=O) groups is 3. The fraction of sp³-hybridized carbons (Fsp3) is 0.364. The van der Waals surface area contributed by atoms with Crippen LogP contribution in [0.15, 0.2) is 48.8 Å². The predicted molar refractivity (Wildman–Crippen MR) is 113 cm³/mol. The number of urea groups is 1. The van der Waals surface area contributed by atoms with Gasteiger partial charge in [-0.3, -0.25) is 9.78 Å². The highest BCUT2D eigenvalue weighted by atomic mass is 19.4. The molecule has 2 N–H and O–H groups in total. The van der Waals surface area contributed by atoms with E-state index in [9.17, 15) is 54.2 Å². The van der Waals surface area contributed by atoms with Gasteiger partial charge in [0.1, 0.15) is 5.54 Å². The Bertz CT molecular complexity index is 1200. The van der Waals surface area contributed by atoms with E-state index in [0.717, 1.165) is 12.1 Å². The van der Waals surface area contributed by atoms with E-state index in [4.69, 9.17) is 9.90 Å². The zero-order valence-electron chi connectivity index (χ0n) is 19.7. The number of amides is 3. The van der Waals surface area contributed by atoms with Crippen LogP contribution in [-0.2, 0) is 21.7 Å². The van der Waals surface area contributed by atoms with Crippen LogP contribution in [0.5, 0.6) is 0 Å². The molecule has 0 saturated carbocycles. The molecule has 1 saturated heterocycles. The monoisotopic (exact) mass is 575 g/mol. The third-order valence-electron chi connectivity index (χ3n) is 5.52. The number of carbonyl (C=O) groups excluding carboxylic acids is 2. The van der Waals surface area contributed by atoms with Crippen LogP contribution in [-0.4, -0.2) is 62.1 Å². The van der Waals surface area contributed by atoms with Gasteiger partial charge in [0.2, 0.25) is 0 Å². The lowest BCUT2D eigenvalue weighted by Gasteiger charge is -2.32. The SMILES string of the molecule is CC1(C)C(=O)N(c2ccc(C(O)(C(F)(F)F)C(F)(F)F)cc2)C(=O)N1Cc1ccncc1.O=C(O)C(F)(F)F. The fourth-order valence-corrected chi connectivity index (χ4v) is 3.34. The topological polar surface area (TPSA) is 111 Å². The second-order valence-corrected chi connectivity index (χ2v) is 8.48. The first-order chi connectivity index (χ1) is 17.6. The molecule has 2 aromatic rings. The van der Waals surface area contributed by atoms with Crippen LogP contribution in [0.25, 0.3) is 0 Å². The second kappa shape index (κ2) is 10.3. The number of hydrogen-bond donors (Lipinski definition) is 2. The lowest BCUT2D eigenvalue weighted by Crippen LogP contribution is -2.53. The quantitative estimate of drug-likeness (QED) is 0.402. The summed E-state index contributed by atoms with van der Waals surface area (Å²) in [6.45, 7) is 2.96. The molecular weight excluding hydrogens is 557 g/mol. The normalized spacial score (nSPS) is 16.2. The van der Waals surface area contributed by atoms with Gasteiger partial charge in [-0.2, -0.15) is 39.5 Å². The van der Waals surface area contributed by atoms with Crippen molar-refractivity contribution in [3.05, 3.63) is 59.9 Å². The minimum Gasteiger partial charge on any atom is -0.475 e. The van der Waals surface area contributed by atoms with Crippen molar-refractivity contribution in [3.8, 4) is 0 Å². The number of carboxylic acid groups (broad SMARTS) is 1. The number of anilines is 1. The van der Waals surface area contributed by atoms with Crippen LogP contribution in [0, 0.1) is 0 Å². The van der Waals surface area contributed by atoms with E-state index >= 15 is 0 Å². The number of hydrogen-bond acceptors (Lipinski definition) is 5. The van der Waals surface area contributed by atoms with Gasteiger partial charge in [-0.25, -0.2) is 14.5 Å². The third-order valence-corrected chi connectivity index (χ3v) is 5.52. The van der Waals surface area contributed by atoms with E-state index in [1.807, 2.05) is 0 Å². The number of aliphatic carboxylic acids is 1. The maximum absolute atomic E-state index is 13.1. The van der Waals surface area contributed by atoms with E-state index in [2.05, 4.69) is 4.98 Å². The van der Waals surface area contributed by atoms with Crippen molar-refractivity contribution in [2.24, 2.45) is 0 Å². The summed E-state index contributed by atoms with van der Waals surface area (Å²) in [5.41, 5.74) is -7.51. The minimum absolute atomic E-state index is 0.0244. The lowest BCUT2D eigenvalue weighted by molar-refractivity contribution is -0.376. The number of rotatable bonds is 4. The number of benzene rings is 1. The average molecular weight is 575 g/mol. The zero-order valence-corrected chi connectivity index (χ0v) is 19.7. The van der Waals surface area contributed by atoms with Gasteiger partial charge in [0.15, 0.2) is 0 Å². The van der Waals surface area contributed by atoms with Gasteiger partial charge in [-0.15, -0.1) is 0 Å². The van der Waals surface area contributed by atoms with Crippen LogP contribution in [0.2, 0.25) is 0 Å². The molecule has 1 fully saturated rings. The van der Waals surface area contributed by atoms with Gasteiger partial charge in [0.25, 0.3) is 11.5 Å². The van der Waals surface area contributed by atoms with Crippen LogP contribution < -0.4 is 4.90 Å². The molecule has 1 aliphatic rings. The largest absolute Gasteiger partial charge is 0.490 e. The summed E-state index contributed by atoms with van der Waals surface area (Å²) in [4.78, 5) is 40.5. The number of imide groups is 1. The summed E-state index contributed by atoms with van der Waals surface area (Å²) in [5.74, 6) is -3.47. The van der Waals surface area contributed by atoms with Crippen LogP contribution >= 0.6 is 0 Å². The molecule has 0 unspecified atom stereocenters. The summed E-state index contributed by atoms with van der Waals surface area (Å²) < 4.78 is 110. The van der Waals surface area contributed by atoms with Gasteiger partial charge in [-0.1, -0.05) is 12.1 Å². The van der Waals surface area contributed by atoms with Crippen molar-refractivity contribution in [2.45, 2.75) is 50.1 Å². The lowest BCUT2D eigenvalue weighted by atomic mass is 9.92. The maximum atomic E-state index is 13.1. The van der Waals surface area contributed by atoms with Gasteiger partial charge >= 0.3 is 30.5 Å². The van der Waals surface area contributed by atoms with Gasteiger partial charge in [0, 0.05) is 24.5 Å². The Morgan fingerprint density at radius 2 is 1.31 bits per heavy atom. The average Bonchev–Trinajstić information content (AvgIpc) is 2.97. The van der Waals surface area contributed by atoms with Crippen molar-refractivity contribution in [1.29, 1.82) is 0 Å². The van der Waals surface area contributed by atoms with Crippen LogP contribution in [0.4, 0.5) is 50.0 Å². The standard InChI is InChI=1S/C20H17F6N3O3.C2HF3O2/c1-17(2)15(30)29(16(31)28(17)11-12-7-9-27-10-8-12)14-5-3-13(4-6-14)18(32,19(21,22)23)20(24,25)26;3-2(4,5)1(6)7/h3-10,32H,11H2,1-2H3;(H,6,7). The van der Waals surface area contributed by atoms with Crippen molar-refractivity contribution < 1.29 is 64.1 Å². The van der Waals surface area contributed by atoms with E-state index in [1.165, 1.54) is 31.1 Å². The molecule has 0 atom stereocenters. The van der Waals surface area contributed by atoms with Crippen molar-refractivity contribution in [2.75, 3.05) is 4.90 Å². The first-order valence-electron chi connectivity index (χ1n) is 10.4. The van der Waals surface area contributed by atoms with Crippen LogP contribution in [0.1, 0.15) is 25.0 Å². The molecule has 0 bridgehead atoms. The molecule has 0 spiro atoms. The second-order valence-electron chi connectivity index (χ2n) is 8.48. The first-order valence-corrected chi connectivity index (χ1v) is 10.4. The number of carboxylic acids is 1. The highest BCUT2D eigenvalue weighted by Crippen LogP contribution is 2.50. The zero-order chi connectivity index (χ0) is 30.2. The number of nitrogens with zero attached hydrogens (tertiary/aromatic N) is 3. The number of aromatic nitrogens is 1. The molecule has 1 aromatic heterocycles. The van der Waals surface area contributed by atoms with Gasteiger partial charge < -0.3 is 15.1 Å². The molecule has 2 heterocycles. The van der Waals surface area contributed by atoms with Crippen molar-refractivity contribution in [1.82, 2.24) is 9.88 Å². The summed E-state index contributed by atoms with van der Waals surface area (Å²) in [7, 11) is 0. The summed E-state index contributed by atoms with van der Waals surface area (Å²) >= 11 is 0. The number of halogens is 9. The molecular formula is C22H18F9N3O5. The van der Waals surface area contributed by atoms with E-state index < -0.39 is 53.1 Å². The minimum atomic E-state index is -6.05. The number of alkyl halides is 9. The Hall–Kier alpha value is -3.89. The molecule has 17 heteroatoms. The molecule has 0 aliphatic carbocycles. The van der Waals surface area contributed by atoms with Gasteiger partial charge in [-0.05, 0) is 43.7 Å². The molecule has 8 nitrogen and oxygen atoms in total. The van der Waals surface area contributed by atoms with E-state index in [0.29, 0.717) is 22.6 Å². The Morgan fingerprint density at radius 1 is 0.872 bits per heavy atom.